The molecule has 1 aromatic carbocycles. The maximum Gasteiger partial charge on any atom is 0.218 e. The van der Waals surface area contributed by atoms with E-state index < -0.39 is 0 Å². The maximum atomic E-state index is 9.17. The number of hydrogen-bond acceptors (Lipinski definition) is 8. The normalized spacial score (nSPS) is 10.8. The summed E-state index contributed by atoms with van der Waals surface area (Å²) in [5, 5.41) is 19.0. The molecule has 0 aliphatic carbocycles. The highest BCUT2D eigenvalue weighted by atomic mass is 16.5. The Labute approximate surface area is 157 Å². The van der Waals surface area contributed by atoms with Crippen LogP contribution in [0.1, 0.15) is 0 Å². The average molecular weight is 370 g/mol. The Bertz CT molecular complexity index is 896. The molecule has 0 aliphatic heterocycles. The fourth-order valence-electron chi connectivity index (χ4n) is 2.80. The van der Waals surface area contributed by atoms with Crippen LogP contribution >= 0.6 is 0 Å². The third-order valence-corrected chi connectivity index (χ3v) is 4.16. The standard InChI is InChI=1S/C19H22N4O4/c1-26-16-11-17(27-2)21-19-15(16)12-20-18(22-19)13-3-5-14(6-4-13)23(7-9-24)8-10-25/h3-6,11-12,24-25H,7-10H2,1-2H3. The highest BCUT2D eigenvalue weighted by Gasteiger charge is 2.12. The highest BCUT2D eigenvalue weighted by molar-refractivity contribution is 5.83. The molecule has 0 fully saturated rings. The van der Waals surface area contributed by atoms with Gasteiger partial charge in [0.1, 0.15) is 5.75 Å². The van der Waals surface area contributed by atoms with E-state index >= 15 is 0 Å². The number of aliphatic hydroxyl groups is 2. The number of fused-ring (bicyclic) bond motifs is 1. The summed E-state index contributed by atoms with van der Waals surface area (Å²) in [5.74, 6) is 1.55. The molecule has 2 N–H and O–H groups in total. The van der Waals surface area contributed by atoms with Crippen molar-refractivity contribution >= 4 is 16.7 Å². The van der Waals surface area contributed by atoms with Crippen LogP contribution in [0.2, 0.25) is 0 Å². The van der Waals surface area contributed by atoms with Gasteiger partial charge in [0, 0.05) is 36.6 Å². The molecule has 2 heterocycles. The van der Waals surface area contributed by atoms with Crippen molar-refractivity contribution in [2.75, 3.05) is 45.4 Å². The van der Waals surface area contributed by atoms with E-state index in [1.165, 1.54) is 0 Å². The number of benzene rings is 1. The second kappa shape index (κ2) is 8.61. The summed E-state index contributed by atoms with van der Waals surface area (Å²) >= 11 is 0. The predicted octanol–water partition coefficient (Wildman–Crippen LogP) is 1.50. The molecular weight excluding hydrogens is 348 g/mol. The minimum atomic E-state index is 0.0187. The lowest BCUT2D eigenvalue weighted by atomic mass is 10.1. The van der Waals surface area contributed by atoms with Gasteiger partial charge in [0.05, 0.1) is 32.8 Å². The largest absolute Gasteiger partial charge is 0.496 e. The number of aromatic nitrogens is 3. The molecule has 27 heavy (non-hydrogen) atoms. The van der Waals surface area contributed by atoms with Crippen LogP contribution < -0.4 is 14.4 Å². The topological polar surface area (TPSA) is 101 Å². The van der Waals surface area contributed by atoms with E-state index in [0.29, 0.717) is 41.6 Å². The lowest BCUT2D eigenvalue weighted by Gasteiger charge is -2.23. The summed E-state index contributed by atoms with van der Waals surface area (Å²) in [4.78, 5) is 15.2. The van der Waals surface area contributed by atoms with Gasteiger partial charge in [-0.3, -0.25) is 0 Å². The third kappa shape index (κ3) is 4.07. The number of nitrogens with zero attached hydrogens (tertiary/aromatic N) is 4. The van der Waals surface area contributed by atoms with Gasteiger partial charge in [-0.2, -0.15) is 4.98 Å². The van der Waals surface area contributed by atoms with E-state index in [2.05, 4.69) is 15.0 Å². The van der Waals surface area contributed by atoms with Crippen molar-refractivity contribution in [1.82, 2.24) is 15.0 Å². The molecule has 0 bridgehead atoms. The van der Waals surface area contributed by atoms with Crippen LogP contribution in [0.5, 0.6) is 11.6 Å². The van der Waals surface area contributed by atoms with Crippen LogP contribution in [0.25, 0.3) is 22.4 Å². The van der Waals surface area contributed by atoms with Crippen LogP contribution in [0.3, 0.4) is 0 Å². The lowest BCUT2D eigenvalue weighted by molar-refractivity contribution is 0.281. The van der Waals surface area contributed by atoms with E-state index in [1.807, 2.05) is 29.2 Å². The van der Waals surface area contributed by atoms with Gasteiger partial charge < -0.3 is 24.6 Å². The monoisotopic (exact) mass is 370 g/mol. The van der Waals surface area contributed by atoms with Crippen molar-refractivity contribution < 1.29 is 19.7 Å². The molecule has 0 unspecified atom stereocenters. The SMILES string of the molecule is COc1cc(OC)c2cnc(-c3ccc(N(CCO)CCO)cc3)nc2n1. The average Bonchev–Trinajstić information content (AvgIpc) is 2.72. The number of aliphatic hydroxyl groups excluding tert-OH is 2. The minimum Gasteiger partial charge on any atom is -0.496 e. The zero-order chi connectivity index (χ0) is 19.2. The summed E-state index contributed by atoms with van der Waals surface area (Å²) in [6, 6.07) is 9.31. The first-order chi connectivity index (χ1) is 13.2. The van der Waals surface area contributed by atoms with Gasteiger partial charge in [-0.25, -0.2) is 9.97 Å². The van der Waals surface area contributed by atoms with Crippen molar-refractivity contribution in [2.24, 2.45) is 0 Å². The summed E-state index contributed by atoms with van der Waals surface area (Å²) in [5.41, 5.74) is 2.23. The van der Waals surface area contributed by atoms with Gasteiger partial charge in [0.15, 0.2) is 11.5 Å². The molecule has 0 radical (unpaired) electrons. The van der Waals surface area contributed by atoms with Crippen LogP contribution in [0, 0.1) is 0 Å². The van der Waals surface area contributed by atoms with Crippen LogP contribution in [-0.4, -0.2) is 65.7 Å². The first-order valence-electron chi connectivity index (χ1n) is 8.53. The quantitative estimate of drug-likeness (QED) is 0.615. The summed E-state index contributed by atoms with van der Waals surface area (Å²) < 4.78 is 10.6. The van der Waals surface area contributed by atoms with Crippen LogP contribution in [0.4, 0.5) is 5.69 Å². The molecule has 0 atom stereocenters. The zero-order valence-electron chi connectivity index (χ0n) is 15.3. The molecule has 0 aliphatic rings. The highest BCUT2D eigenvalue weighted by Crippen LogP contribution is 2.28. The molecule has 8 heteroatoms. The lowest BCUT2D eigenvalue weighted by Crippen LogP contribution is -2.29. The molecule has 142 valence electrons. The van der Waals surface area contributed by atoms with E-state index in [-0.39, 0.29) is 13.2 Å². The maximum absolute atomic E-state index is 9.17. The molecule has 0 saturated carbocycles. The fraction of sp³-hybridized carbons (Fsp3) is 0.316. The van der Waals surface area contributed by atoms with Gasteiger partial charge in [-0.1, -0.05) is 0 Å². The van der Waals surface area contributed by atoms with Crippen LogP contribution in [0.15, 0.2) is 36.5 Å². The second-order valence-corrected chi connectivity index (χ2v) is 5.78. The number of anilines is 1. The van der Waals surface area contributed by atoms with E-state index in [0.717, 1.165) is 11.3 Å². The zero-order valence-corrected chi connectivity index (χ0v) is 15.3. The first-order valence-corrected chi connectivity index (χ1v) is 8.53. The Morgan fingerprint density at radius 1 is 0.963 bits per heavy atom. The number of pyridine rings is 1. The van der Waals surface area contributed by atoms with Gasteiger partial charge in [-0.15, -0.1) is 0 Å². The van der Waals surface area contributed by atoms with E-state index in [1.54, 1.807) is 26.5 Å². The van der Waals surface area contributed by atoms with E-state index in [9.17, 15) is 10.2 Å². The minimum absolute atomic E-state index is 0.0187. The molecule has 0 amide bonds. The van der Waals surface area contributed by atoms with Crippen molar-refractivity contribution in [3.8, 4) is 23.0 Å². The van der Waals surface area contributed by atoms with E-state index in [4.69, 9.17) is 9.47 Å². The van der Waals surface area contributed by atoms with Crippen molar-refractivity contribution in [1.29, 1.82) is 0 Å². The molecule has 3 rings (SSSR count). The Balaban J connectivity index is 1.95. The van der Waals surface area contributed by atoms with Gasteiger partial charge in [0.2, 0.25) is 5.88 Å². The molecule has 8 nitrogen and oxygen atoms in total. The Hall–Kier alpha value is -2.97. The number of hydrogen-bond donors (Lipinski definition) is 2. The Morgan fingerprint density at radius 2 is 1.67 bits per heavy atom. The molecule has 3 aromatic rings. The molecular formula is C19H22N4O4. The van der Waals surface area contributed by atoms with Crippen molar-refractivity contribution in [3.63, 3.8) is 0 Å². The van der Waals surface area contributed by atoms with Gasteiger partial charge >= 0.3 is 0 Å². The number of ether oxygens (including phenoxy) is 2. The molecule has 2 aromatic heterocycles. The summed E-state index contributed by atoms with van der Waals surface area (Å²) in [7, 11) is 3.12. The van der Waals surface area contributed by atoms with Gasteiger partial charge in [-0.05, 0) is 24.3 Å². The van der Waals surface area contributed by atoms with Crippen LogP contribution in [-0.2, 0) is 0 Å². The van der Waals surface area contributed by atoms with Crippen molar-refractivity contribution in [2.45, 2.75) is 0 Å². The smallest absolute Gasteiger partial charge is 0.218 e. The molecule has 0 spiro atoms. The van der Waals surface area contributed by atoms with Crippen molar-refractivity contribution in [3.05, 3.63) is 36.5 Å². The van der Waals surface area contributed by atoms with Gasteiger partial charge in [0.25, 0.3) is 0 Å². The Morgan fingerprint density at radius 3 is 2.26 bits per heavy atom. The Kier molecular flexibility index (Phi) is 6.00. The second-order valence-electron chi connectivity index (χ2n) is 5.78. The first kappa shape index (κ1) is 18.8. The fourth-order valence-corrected chi connectivity index (χ4v) is 2.80. The number of rotatable bonds is 8. The number of methoxy groups -OCH3 is 2. The summed E-state index contributed by atoms with van der Waals surface area (Å²) in [6.07, 6.45) is 1.68. The summed E-state index contributed by atoms with van der Waals surface area (Å²) in [6.45, 7) is 0.946. The molecule has 0 saturated heterocycles. The predicted molar refractivity (Wildman–Crippen MR) is 102 cm³/mol. The third-order valence-electron chi connectivity index (χ3n) is 4.16.